The van der Waals surface area contributed by atoms with Gasteiger partial charge in [-0.2, -0.15) is 0 Å². The van der Waals surface area contributed by atoms with Gasteiger partial charge in [-0.3, -0.25) is 10.3 Å². The van der Waals surface area contributed by atoms with Crippen LogP contribution in [-0.2, 0) is 0 Å². The molecule has 2 rings (SSSR count). The van der Waals surface area contributed by atoms with E-state index in [1.807, 2.05) is 51.1 Å². The predicted molar refractivity (Wildman–Crippen MR) is 72.9 cm³/mol. The molecular weight excluding hydrogens is 226 g/mol. The van der Waals surface area contributed by atoms with Crippen LogP contribution >= 0.6 is 0 Å². The molecule has 1 N–H and O–H groups in total. The van der Waals surface area contributed by atoms with E-state index < -0.39 is 0 Å². The summed E-state index contributed by atoms with van der Waals surface area (Å²) in [7, 11) is 0. The Morgan fingerprint density at radius 2 is 1.83 bits per heavy atom. The SMILES string of the molecule is CC(C)(C)N(O)/C=C1/N=CC(c2ccccc2)=N1. The summed E-state index contributed by atoms with van der Waals surface area (Å²) in [5, 5.41) is 10.9. The fraction of sp³-hybridized carbons (Fsp3) is 0.286. The zero-order valence-corrected chi connectivity index (χ0v) is 10.8. The molecule has 0 saturated carbocycles. The Morgan fingerprint density at radius 3 is 2.44 bits per heavy atom. The van der Waals surface area contributed by atoms with Crippen LogP contribution in [0.3, 0.4) is 0 Å². The van der Waals surface area contributed by atoms with Crippen molar-refractivity contribution in [3.05, 3.63) is 47.9 Å². The van der Waals surface area contributed by atoms with E-state index in [0.717, 1.165) is 16.3 Å². The molecule has 4 nitrogen and oxygen atoms in total. The Labute approximate surface area is 107 Å². The van der Waals surface area contributed by atoms with Crippen LogP contribution in [0.25, 0.3) is 0 Å². The molecular formula is C14H17N3O. The molecule has 0 spiro atoms. The molecule has 1 aromatic carbocycles. The molecule has 1 aliphatic heterocycles. The van der Waals surface area contributed by atoms with Gasteiger partial charge in [-0.05, 0) is 20.8 Å². The molecule has 1 aromatic rings. The summed E-state index contributed by atoms with van der Waals surface area (Å²) in [6.07, 6.45) is 3.24. The van der Waals surface area contributed by atoms with Gasteiger partial charge >= 0.3 is 0 Å². The van der Waals surface area contributed by atoms with Crippen molar-refractivity contribution in [3.8, 4) is 0 Å². The lowest BCUT2D eigenvalue weighted by Gasteiger charge is -2.27. The first-order chi connectivity index (χ1) is 8.47. The van der Waals surface area contributed by atoms with E-state index >= 15 is 0 Å². The van der Waals surface area contributed by atoms with Gasteiger partial charge in [0.2, 0.25) is 0 Å². The normalized spacial score (nSPS) is 17.1. The molecule has 0 unspecified atom stereocenters. The molecule has 0 saturated heterocycles. The molecule has 1 heterocycles. The van der Waals surface area contributed by atoms with Crippen LogP contribution in [0, 0.1) is 0 Å². The topological polar surface area (TPSA) is 48.2 Å². The summed E-state index contributed by atoms with van der Waals surface area (Å²) in [5.74, 6) is 0.506. The number of hydrogen-bond acceptors (Lipinski definition) is 4. The second-order valence-corrected chi connectivity index (χ2v) is 5.12. The fourth-order valence-electron chi connectivity index (χ4n) is 1.42. The van der Waals surface area contributed by atoms with Gasteiger partial charge < -0.3 is 0 Å². The Kier molecular flexibility index (Phi) is 3.30. The van der Waals surface area contributed by atoms with E-state index in [-0.39, 0.29) is 5.54 Å². The summed E-state index contributed by atoms with van der Waals surface area (Å²) >= 11 is 0. The maximum Gasteiger partial charge on any atom is 0.171 e. The van der Waals surface area contributed by atoms with Crippen LogP contribution in [-0.4, -0.2) is 27.7 Å². The summed E-state index contributed by atoms with van der Waals surface area (Å²) < 4.78 is 0. The average molecular weight is 243 g/mol. The lowest BCUT2D eigenvalue weighted by molar-refractivity contribution is -0.110. The Bertz CT molecular complexity index is 510. The molecule has 94 valence electrons. The van der Waals surface area contributed by atoms with Gasteiger partial charge in [0.15, 0.2) is 5.82 Å². The highest BCUT2D eigenvalue weighted by atomic mass is 16.5. The minimum Gasteiger partial charge on any atom is -0.288 e. The summed E-state index contributed by atoms with van der Waals surface area (Å²) in [5.41, 5.74) is 1.46. The van der Waals surface area contributed by atoms with Crippen LogP contribution in [0.2, 0.25) is 0 Å². The number of hydroxylamine groups is 2. The lowest BCUT2D eigenvalue weighted by atomic mass is 10.1. The van der Waals surface area contributed by atoms with E-state index in [1.165, 1.54) is 6.20 Å². The van der Waals surface area contributed by atoms with Crippen molar-refractivity contribution in [3.63, 3.8) is 0 Å². The number of nitrogens with zero attached hydrogens (tertiary/aromatic N) is 3. The second kappa shape index (κ2) is 4.74. The first kappa shape index (κ1) is 12.5. The van der Waals surface area contributed by atoms with Gasteiger partial charge in [0.25, 0.3) is 0 Å². The van der Waals surface area contributed by atoms with Crippen LogP contribution in [0.4, 0.5) is 0 Å². The Morgan fingerprint density at radius 1 is 1.17 bits per heavy atom. The summed E-state index contributed by atoms with van der Waals surface area (Å²) in [6, 6.07) is 9.84. The van der Waals surface area contributed by atoms with Crippen molar-refractivity contribution in [2.75, 3.05) is 0 Å². The summed E-state index contributed by atoms with van der Waals surface area (Å²) in [4.78, 5) is 8.54. The summed E-state index contributed by atoms with van der Waals surface area (Å²) in [6.45, 7) is 5.72. The molecule has 0 aromatic heterocycles. The number of benzene rings is 1. The van der Waals surface area contributed by atoms with Gasteiger partial charge in [-0.1, -0.05) is 30.3 Å². The number of rotatable bonds is 2. The van der Waals surface area contributed by atoms with Crippen molar-refractivity contribution < 1.29 is 5.21 Å². The van der Waals surface area contributed by atoms with Gasteiger partial charge in [0.05, 0.1) is 23.7 Å². The first-order valence-electron chi connectivity index (χ1n) is 5.85. The second-order valence-electron chi connectivity index (χ2n) is 5.12. The van der Waals surface area contributed by atoms with Crippen molar-refractivity contribution in [2.24, 2.45) is 9.98 Å². The third kappa shape index (κ3) is 2.84. The molecule has 0 atom stereocenters. The third-order valence-corrected chi connectivity index (χ3v) is 2.55. The zero-order valence-electron chi connectivity index (χ0n) is 10.8. The van der Waals surface area contributed by atoms with Crippen molar-refractivity contribution in [2.45, 2.75) is 26.3 Å². The van der Waals surface area contributed by atoms with Crippen molar-refractivity contribution in [1.29, 1.82) is 0 Å². The van der Waals surface area contributed by atoms with Gasteiger partial charge in [0, 0.05) is 5.56 Å². The van der Waals surface area contributed by atoms with Gasteiger partial charge in [-0.25, -0.2) is 9.98 Å². The third-order valence-electron chi connectivity index (χ3n) is 2.55. The highest BCUT2D eigenvalue weighted by Crippen LogP contribution is 2.16. The monoisotopic (exact) mass is 243 g/mol. The maximum absolute atomic E-state index is 9.82. The molecule has 1 aliphatic rings. The predicted octanol–water partition coefficient (Wildman–Crippen LogP) is 2.85. The molecule has 4 heteroatoms. The van der Waals surface area contributed by atoms with E-state index in [9.17, 15) is 5.21 Å². The molecule has 0 bridgehead atoms. The molecule has 0 aliphatic carbocycles. The van der Waals surface area contributed by atoms with E-state index in [4.69, 9.17) is 0 Å². The van der Waals surface area contributed by atoms with Crippen molar-refractivity contribution in [1.82, 2.24) is 5.06 Å². The van der Waals surface area contributed by atoms with E-state index in [1.54, 1.807) is 6.21 Å². The van der Waals surface area contributed by atoms with Crippen LogP contribution in [0.15, 0.2) is 52.3 Å². The van der Waals surface area contributed by atoms with Gasteiger partial charge in [0.1, 0.15) is 0 Å². The maximum atomic E-state index is 9.82. The average Bonchev–Trinajstić information content (AvgIpc) is 2.77. The van der Waals surface area contributed by atoms with E-state index in [0.29, 0.717) is 5.82 Å². The smallest absolute Gasteiger partial charge is 0.171 e. The first-order valence-corrected chi connectivity index (χ1v) is 5.85. The minimum absolute atomic E-state index is 0.368. The Balaban J connectivity index is 2.20. The number of hydrogen-bond donors (Lipinski definition) is 1. The highest BCUT2D eigenvalue weighted by Gasteiger charge is 2.18. The standard InChI is InChI=1S/C14H17N3O/c1-14(2,3)17(18)10-13-15-9-12(16-13)11-7-5-4-6-8-11/h4-10,18H,1-3H3/b13-10-. The van der Waals surface area contributed by atoms with Crippen LogP contribution in [0.1, 0.15) is 26.3 Å². The zero-order chi connectivity index (χ0) is 13.2. The quantitative estimate of drug-likeness (QED) is 0.812. The van der Waals surface area contributed by atoms with Crippen LogP contribution < -0.4 is 0 Å². The minimum atomic E-state index is -0.368. The molecule has 0 amide bonds. The number of aliphatic imine (C=N–C) groups is 2. The molecule has 0 radical (unpaired) electrons. The van der Waals surface area contributed by atoms with Crippen LogP contribution in [0.5, 0.6) is 0 Å². The molecule has 0 fully saturated rings. The molecule has 18 heavy (non-hydrogen) atoms. The van der Waals surface area contributed by atoms with E-state index in [2.05, 4.69) is 9.98 Å². The van der Waals surface area contributed by atoms with Gasteiger partial charge in [-0.15, -0.1) is 0 Å². The fourth-order valence-corrected chi connectivity index (χ4v) is 1.42. The largest absolute Gasteiger partial charge is 0.288 e. The lowest BCUT2D eigenvalue weighted by Crippen LogP contribution is -2.34. The highest BCUT2D eigenvalue weighted by molar-refractivity contribution is 6.39. The Hall–Kier alpha value is -1.94. The van der Waals surface area contributed by atoms with Crippen molar-refractivity contribution >= 4 is 11.9 Å².